The number of hydrogen-bond donors (Lipinski definition) is 0. The van der Waals surface area contributed by atoms with E-state index in [1.165, 1.54) is 34.9 Å². The fourth-order valence-corrected chi connectivity index (χ4v) is 6.40. The molecule has 22 heavy (non-hydrogen) atoms. The van der Waals surface area contributed by atoms with E-state index in [0.717, 1.165) is 36.6 Å². The second kappa shape index (κ2) is 7.54. The lowest BCUT2D eigenvalue weighted by atomic mass is 9.80. The van der Waals surface area contributed by atoms with Gasteiger partial charge >= 0.3 is 0 Å². The van der Waals surface area contributed by atoms with E-state index in [1.807, 2.05) is 23.5 Å². The maximum Gasteiger partial charge on any atom is 0.118 e. The number of fused-ring (bicyclic) bond motifs is 3. The Bertz CT molecular complexity index is 505. The summed E-state index contributed by atoms with van der Waals surface area (Å²) in [5.74, 6) is 2.70. The van der Waals surface area contributed by atoms with E-state index in [-0.39, 0.29) is 0 Å². The predicted molar refractivity (Wildman–Crippen MR) is 95.9 cm³/mol. The Labute approximate surface area is 143 Å². The highest BCUT2D eigenvalue weighted by Crippen LogP contribution is 2.54. The molecule has 1 saturated carbocycles. The summed E-state index contributed by atoms with van der Waals surface area (Å²) in [6, 6.07) is 0. The van der Waals surface area contributed by atoms with E-state index in [0.29, 0.717) is 5.92 Å². The van der Waals surface area contributed by atoms with Crippen molar-refractivity contribution in [3.8, 4) is 0 Å². The van der Waals surface area contributed by atoms with E-state index < -0.39 is 0 Å². The second-order valence-electron chi connectivity index (χ2n) is 6.45. The molecule has 3 rings (SSSR count). The number of thioether (sulfide) groups is 2. The molecule has 0 bridgehead atoms. The van der Waals surface area contributed by atoms with Crippen LogP contribution in [-0.2, 0) is 0 Å². The number of aromatic nitrogens is 2. The van der Waals surface area contributed by atoms with Crippen molar-refractivity contribution in [2.24, 2.45) is 5.92 Å². The first-order valence-corrected chi connectivity index (χ1v) is 10.5. The van der Waals surface area contributed by atoms with Crippen LogP contribution in [0.25, 0.3) is 0 Å². The lowest BCUT2D eigenvalue weighted by molar-refractivity contribution is 0.324. The average Bonchev–Trinajstić information content (AvgIpc) is 2.89. The minimum absolute atomic E-state index is 0.702. The van der Waals surface area contributed by atoms with Crippen LogP contribution in [0.2, 0.25) is 0 Å². The molecule has 0 N–H and O–H groups in total. The van der Waals surface area contributed by atoms with Crippen molar-refractivity contribution < 1.29 is 0 Å². The van der Waals surface area contributed by atoms with E-state index in [2.05, 4.69) is 35.6 Å². The molecule has 1 aliphatic carbocycles. The molecule has 1 aromatic heterocycles. The molecular formula is C17H27N3S2. The van der Waals surface area contributed by atoms with Crippen molar-refractivity contribution in [1.82, 2.24) is 14.9 Å². The highest BCUT2D eigenvalue weighted by Gasteiger charge is 2.40. The predicted octanol–water partition coefficient (Wildman–Crippen LogP) is 4.29. The summed E-state index contributed by atoms with van der Waals surface area (Å²) in [6.45, 7) is 10.3. The SMILES string of the molecule is CCN(CC)CCSc1ncnc2c1C1CCC(C)CC1S2. The van der Waals surface area contributed by atoms with Crippen molar-refractivity contribution in [2.45, 2.75) is 61.3 Å². The summed E-state index contributed by atoms with van der Waals surface area (Å²) in [7, 11) is 0. The first-order valence-electron chi connectivity index (χ1n) is 8.59. The zero-order valence-corrected chi connectivity index (χ0v) is 15.6. The van der Waals surface area contributed by atoms with E-state index in [4.69, 9.17) is 0 Å². The molecule has 0 saturated heterocycles. The van der Waals surface area contributed by atoms with Gasteiger partial charge in [-0.2, -0.15) is 0 Å². The van der Waals surface area contributed by atoms with Crippen molar-refractivity contribution in [3.63, 3.8) is 0 Å². The molecule has 2 aliphatic rings. The molecule has 0 radical (unpaired) electrons. The molecule has 5 heteroatoms. The molecule has 3 atom stereocenters. The molecule has 0 spiro atoms. The van der Waals surface area contributed by atoms with Gasteiger partial charge < -0.3 is 4.90 Å². The molecule has 3 nitrogen and oxygen atoms in total. The smallest absolute Gasteiger partial charge is 0.118 e. The van der Waals surface area contributed by atoms with Gasteiger partial charge in [-0.25, -0.2) is 9.97 Å². The van der Waals surface area contributed by atoms with Crippen LogP contribution in [0.4, 0.5) is 0 Å². The van der Waals surface area contributed by atoms with Gasteiger partial charge in [-0.05, 0) is 31.8 Å². The molecule has 3 unspecified atom stereocenters. The van der Waals surface area contributed by atoms with E-state index in [1.54, 1.807) is 6.33 Å². The number of nitrogens with zero attached hydrogens (tertiary/aromatic N) is 3. The van der Waals surface area contributed by atoms with Gasteiger partial charge in [-0.1, -0.05) is 27.2 Å². The Balaban J connectivity index is 1.69. The minimum atomic E-state index is 0.702. The lowest BCUT2D eigenvalue weighted by Gasteiger charge is -2.29. The summed E-state index contributed by atoms with van der Waals surface area (Å²) in [6.07, 6.45) is 5.80. The van der Waals surface area contributed by atoms with Crippen LogP contribution in [0, 0.1) is 5.92 Å². The van der Waals surface area contributed by atoms with Gasteiger partial charge in [0, 0.05) is 29.0 Å². The number of hydrogen-bond acceptors (Lipinski definition) is 5. The molecule has 0 aromatic carbocycles. The molecule has 0 amide bonds. The lowest BCUT2D eigenvalue weighted by Crippen LogP contribution is -2.25. The minimum Gasteiger partial charge on any atom is -0.303 e. The van der Waals surface area contributed by atoms with Gasteiger partial charge in [0.25, 0.3) is 0 Å². The maximum absolute atomic E-state index is 4.63. The third-order valence-electron chi connectivity index (χ3n) is 5.04. The van der Waals surface area contributed by atoms with Crippen LogP contribution >= 0.6 is 23.5 Å². The maximum atomic E-state index is 4.63. The van der Waals surface area contributed by atoms with Gasteiger partial charge in [-0.3, -0.25) is 0 Å². The summed E-state index contributed by atoms with van der Waals surface area (Å²) < 4.78 is 0. The Morgan fingerprint density at radius 2 is 2.09 bits per heavy atom. The third kappa shape index (κ3) is 3.46. The quantitative estimate of drug-likeness (QED) is 0.570. The Hall–Kier alpha value is -0.260. The second-order valence-corrected chi connectivity index (χ2v) is 8.77. The third-order valence-corrected chi connectivity index (χ3v) is 7.40. The molecule has 122 valence electrons. The van der Waals surface area contributed by atoms with Crippen LogP contribution in [0.3, 0.4) is 0 Å². The molecule has 2 heterocycles. The number of rotatable bonds is 6. The van der Waals surface area contributed by atoms with Crippen molar-refractivity contribution in [1.29, 1.82) is 0 Å². The topological polar surface area (TPSA) is 29.0 Å². The van der Waals surface area contributed by atoms with Gasteiger partial charge in [0.05, 0.1) is 0 Å². The standard InChI is InChI=1S/C17H27N3S2/c1-4-20(5-2)8-9-21-16-15-13-7-6-12(3)10-14(13)22-17(15)19-11-18-16/h11-14H,4-10H2,1-3H3. The normalized spacial score (nSPS) is 27.0. The van der Waals surface area contributed by atoms with Crippen molar-refractivity contribution in [3.05, 3.63) is 11.9 Å². The zero-order chi connectivity index (χ0) is 15.5. The Morgan fingerprint density at radius 3 is 2.86 bits per heavy atom. The van der Waals surface area contributed by atoms with Gasteiger partial charge in [-0.15, -0.1) is 23.5 Å². The summed E-state index contributed by atoms with van der Waals surface area (Å²) >= 11 is 3.95. The van der Waals surface area contributed by atoms with E-state index >= 15 is 0 Å². The highest BCUT2D eigenvalue weighted by atomic mass is 32.2. The molecule has 1 aromatic rings. The fourth-order valence-electron chi connectivity index (χ4n) is 3.63. The molecule has 1 aliphatic heterocycles. The summed E-state index contributed by atoms with van der Waals surface area (Å²) in [5.41, 5.74) is 1.48. The average molecular weight is 338 g/mol. The molecule has 1 fully saturated rings. The van der Waals surface area contributed by atoms with Crippen molar-refractivity contribution >= 4 is 23.5 Å². The highest BCUT2D eigenvalue weighted by molar-refractivity contribution is 8.00. The van der Waals surface area contributed by atoms with Gasteiger partial charge in [0.15, 0.2) is 0 Å². The first kappa shape index (κ1) is 16.6. The van der Waals surface area contributed by atoms with Crippen LogP contribution in [-0.4, -0.2) is 45.5 Å². The van der Waals surface area contributed by atoms with E-state index in [9.17, 15) is 0 Å². The molecular weight excluding hydrogens is 310 g/mol. The van der Waals surface area contributed by atoms with Crippen LogP contribution in [0.5, 0.6) is 0 Å². The van der Waals surface area contributed by atoms with Crippen LogP contribution in [0.1, 0.15) is 51.5 Å². The monoisotopic (exact) mass is 337 g/mol. The first-order chi connectivity index (χ1) is 10.7. The Morgan fingerprint density at radius 1 is 1.27 bits per heavy atom. The van der Waals surface area contributed by atoms with Gasteiger partial charge in [0.2, 0.25) is 0 Å². The van der Waals surface area contributed by atoms with Gasteiger partial charge in [0.1, 0.15) is 16.4 Å². The summed E-state index contributed by atoms with van der Waals surface area (Å²) in [4.78, 5) is 11.7. The zero-order valence-electron chi connectivity index (χ0n) is 13.9. The van der Waals surface area contributed by atoms with Crippen LogP contribution in [0.15, 0.2) is 16.4 Å². The van der Waals surface area contributed by atoms with Crippen LogP contribution < -0.4 is 0 Å². The summed E-state index contributed by atoms with van der Waals surface area (Å²) in [5, 5.41) is 3.27. The largest absolute Gasteiger partial charge is 0.303 e. The van der Waals surface area contributed by atoms with Crippen molar-refractivity contribution in [2.75, 3.05) is 25.4 Å². The fraction of sp³-hybridized carbons (Fsp3) is 0.765. The Kier molecular flexibility index (Phi) is 5.69.